The Morgan fingerprint density at radius 2 is 1.93 bits per heavy atom. The molecule has 2 heteroatoms. The van der Waals surface area contributed by atoms with E-state index in [1.165, 1.54) is 25.9 Å². The lowest BCUT2D eigenvalue weighted by Crippen LogP contribution is -2.31. The average molecular weight is 211 g/mol. The Morgan fingerprint density at radius 3 is 2.47 bits per heavy atom. The fourth-order valence-electron chi connectivity index (χ4n) is 2.14. The van der Waals surface area contributed by atoms with Crippen molar-refractivity contribution in [3.8, 4) is 0 Å². The predicted octanol–water partition coefficient (Wildman–Crippen LogP) is 2.72. The molecule has 0 aromatic heterocycles. The monoisotopic (exact) mass is 211 g/mol. The zero-order valence-corrected chi connectivity index (χ0v) is 10.5. The summed E-state index contributed by atoms with van der Waals surface area (Å²) >= 11 is 0. The van der Waals surface area contributed by atoms with Crippen LogP contribution in [-0.2, 0) is 4.79 Å². The van der Waals surface area contributed by atoms with E-state index in [1.54, 1.807) is 0 Å². The van der Waals surface area contributed by atoms with Crippen LogP contribution in [0.4, 0.5) is 0 Å². The van der Waals surface area contributed by atoms with Gasteiger partial charge >= 0.3 is 0 Å². The van der Waals surface area contributed by atoms with Gasteiger partial charge in [0.1, 0.15) is 5.78 Å². The molecular formula is C13H25NO. The Kier molecular flexibility index (Phi) is 5.30. The number of likely N-dealkylation sites (tertiary alicyclic amines) is 1. The first-order valence-corrected chi connectivity index (χ1v) is 6.28. The number of rotatable bonds is 5. The molecule has 1 aliphatic heterocycles. The maximum atomic E-state index is 11.7. The van der Waals surface area contributed by atoms with Crippen LogP contribution in [-0.4, -0.2) is 30.8 Å². The minimum absolute atomic E-state index is 0.484. The molecule has 1 heterocycles. The Morgan fingerprint density at radius 1 is 1.33 bits per heavy atom. The van der Waals surface area contributed by atoms with E-state index in [-0.39, 0.29) is 0 Å². The number of carbonyl (C=O) groups excluding carboxylic acids is 1. The first-order chi connectivity index (χ1) is 7.08. The molecule has 0 radical (unpaired) electrons. The Hall–Kier alpha value is -0.370. The van der Waals surface area contributed by atoms with Crippen molar-refractivity contribution in [3.05, 3.63) is 0 Å². The maximum absolute atomic E-state index is 11.7. The summed E-state index contributed by atoms with van der Waals surface area (Å²) in [5, 5.41) is 0. The molecule has 0 N–H and O–H groups in total. The number of hydrogen-bond acceptors (Lipinski definition) is 2. The van der Waals surface area contributed by atoms with Crippen LogP contribution in [0.5, 0.6) is 0 Å². The Balaban J connectivity index is 2.15. The van der Waals surface area contributed by atoms with Gasteiger partial charge in [-0.25, -0.2) is 0 Å². The molecule has 2 nitrogen and oxygen atoms in total. The van der Waals surface area contributed by atoms with E-state index in [9.17, 15) is 4.79 Å². The molecule has 1 saturated heterocycles. The van der Waals surface area contributed by atoms with E-state index < -0.39 is 0 Å². The van der Waals surface area contributed by atoms with E-state index >= 15 is 0 Å². The summed E-state index contributed by atoms with van der Waals surface area (Å²) in [5.41, 5.74) is 0. The van der Waals surface area contributed by atoms with Crippen LogP contribution in [0.3, 0.4) is 0 Å². The molecule has 0 aromatic rings. The second kappa shape index (κ2) is 6.26. The molecule has 0 atom stereocenters. The Bertz CT molecular complexity index is 193. The van der Waals surface area contributed by atoms with Gasteiger partial charge in [-0.2, -0.15) is 0 Å². The fourth-order valence-corrected chi connectivity index (χ4v) is 2.14. The van der Waals surface area contributed by atoms with Gasteiger partial charge in [-0.1, -0.05) is 13.8 Å². The molecular weight excluding hydrogens is 186 g/mol. The summed E-state index contributed by atoms with van der Waals surface area (Å²) in [6, 6.07) is 0. The van der Waals surface area contributed by atoms with Crippen LogP contribution in [0.25, 0.3) is 0 Å². The highest BCUT2D eigenvalue weighted by molar-refractivity contribution is 5.78. The van der Waals surface area contributed by atoms with Gasteiger partial charge in [-0.15, -0.1) is 0 Å². The smallest absolute Gasteiger partial charge is 0.133 e. The summed E-state index contributed by atoms with van der Waals surface area (Å²) in [6.07, 6.45) is 5.11. The van der Waals surface area contributed by atoms with Gasteiger partial charge in [0.2, 0.25) is 0 Å². The van der Waals surface area contributed by atoms with Crippen LogP contribution in [0.1, 0.15) is 46.0 Å². The van der Waals surface area contributed by atoms with E-state index in [1.807, 2.05) is 0 Å². The molecule has 15 heavy (non-hydrogen) atoms. The normalized spacial score (nSPS) is 19.7. The highest BCUT2D eigenvalue weighted by Crippen LogP contribution is 2.21. The lowest BCUT2D eigenvalue weighted by Gasteiger charge is -2.28. The molecule has 1 rings (SSSR count). The number of ketones is 1. The van der Waals surface area contributed by atoms with Crippen LogP contribution in [0.2, 0.25) is 0 Å². The third kappa shape index (κ3) is 5.31. The van der Waals surface area contributed by atoms with Crippen molar-refractivity contribution in [1.82, 2.24) is 4.90 Å². The van der Waals surface area contributed by atoms with Gasteiger partial charge in [0.05, 0.1) is 0 Å². The van der Waals surface area contributed by atoms with Gasteiger partial charge in [0, 0.05) is 12.8 Å². The summed E-state index contributed by atoms with van der Waals surface area (Å²) in [7, 11) is 2.16. The molecule has 0 unspecified atom stereocenters. The van der Waals surface area contributed by atoms with Gasteiger partial charge in [0.25, 0.3) is 0 Å². The minimum atomic E-state index is 0.484. The van der Waals surface area contributed by atoms with Gasteiger partial charge in [-0.3, -0.25) is 4.79 Å². The standard InChI is InChI=1S/C13H25NO/c1-11(2)4-5-13(15)10-12-6-8-14(3)9-7-12/h11-12H,4-10H2,1-3H3. The first-order valence-electron chi connectivity index (χ1n) is 6.28. The molecule has 0 saturated carbocycles. The zero-order valence-electron chi connectivity index (χ0n) is 10.5. The van der Waals surface area contributed by atoms with Crippen molar-refractivity contribution in [2.75, 3.05) is 20.1 Å². The minimum Gasteiger partial charge on any atom is -0.306 e. The molecule has 1 fully saturated rings. The van der Waals surface area contributed by atoms with Crippen molar-refractivity contribution in [2.45, 2.75) is 46.0 Å². The van der Waals surface area contributed by atoms with Crippen molar-refractivity contribution < 1.29 is 4.79 Å². The SMILES string of the molecule is CC(C)CCC(=O)CC1CCN(C)CC1. The lowest BCUT2D eigenvalue weighted by atomic mass is 9.90. The topological polar surface area (TPSA) is 20.3 Å². The molecule has 0 bridgehead atoms. The summed E-state index contributed by atoms with van der Waals surface area (Å²) in [4.78, 5) is 14.0. The third-order valence-electron chi connectivity index (χ3n) is 3.36. The number of Topliss-reactive ketones (excluding diaryl/α,β-unsaturated/α-hetero) is 1. The maximum Gasteiger partial charge on any atom is 0.133 e. The van der Waals surface area contributed by atoms with E-state index in [4.69, 9.17) is 0 Å². The summed E-state index contributed by atoms with van der Waals surface area (Å²) in [6.45, 7) is 6.70. The molecule has 0 spiro atoms. The van der Waals surface area contributed by atoms with Crippen LogP contribution >= 0.6 is 0 Å². The molecule has 0 aromatic carbocycles. The highest BCUT2D eigenvalue weighted by Gasteiger charge is 2.19. The van der Waals surface area contributed by atoms with E-state index in [2.05, 4.69) is 25.8 Å². The van der Waals surface area contributed by atoms with Gasteiger partial charge < -0.3 is 4.90 Å². The average Bonchev–Trinajstić information content (AvgIpc) is 2.19. The van der Waals surface area contributed by atoms with Crippen molar-refractivity contribution >= 4 is 5.78 Å². The number of piperidine rings is 1. The highest BCUT2D eigenvalue weighted by atomic mass is 16.1. The van der Waals surface area contributed by atoms with E-state index in [0.717, 1.165) is 19.3 Å². The van der Waals surface area contributed by atoms with Crippen molar-refractivity contribution in [1.29, 1.82) is 0 Å². The first kappa shape index (κ1) is 12.7. The van der Waals surface area contributed by atoms with Crippen LogP contribution in [0, 0.1) is 11.8 Å². The summed E-state index contributed by atoms with van der Waals surface area (Å²) < 4.78 is 0. The molecule has 1 aliphatic rings. The number of carbonyl (C=O) groups is 1. The van der Waals surface area contributed by atoms with Crippen LogP contribution < -0.4 is 0 Å². The van der Waals surface area contributed by atoms with Crippen molar-refractivity contribution in [3.63, 3.8) is 0 Å². The van der Waals surface area contributed by atoms with Gasteiger partial charge in [-0.05, 0) is 51.2 Å². The second-order valence-electron chi connectivity index (χ2n) is 5.42. The fraction of sp³-hybridized carbons (Fsp3) is 0.923. The molecule has 0 aliphatic carbocycles. The second-order valence-corrected chi connectivity index (χ2v) is 5.42. The predicted molar refractivity (Wildman–Crippen MR) is 63.9 cm³/mol. The zero-order chi connectivity index (χ0) is 11.3. The quantitative estimate of drug-likeness (QED) is 0.697. The number of hydrogen-bond donors (Lipinski definition) is 0. The third-order valence-corrected chi connectivity index (χ3v) is 3.36. The van der Waals surface area contributed by atoms with Gasteiger partial charge in [0.15, 0.2) is 0 Å². The largest absolute Gasteiger partial charge is 0.306 e. The van der Waals surface area contributed by atoms with E-state index in [0.29, 0.717) is 17.6 Å². The number of nitrogens with zero attached hydrogens (tertiary/aromatic N) is 1. The molecule has 88 valence electrons. The van der Waals surface area contributed by atoms with Crippen LogP contribution in [0.15, 0.2) is 0 Å². The molecule has 0 amide bonds. The van der Waals surface area contributed by atoms with Crippen molar-refractivity contribution in [2.24, 2.45) is 11.8 Å². The summed E-state index contributed by atoms with van der Waals surface area (Å²) in [5.74, 6) is 1.81. The Labute approximate surface area is 94.0 Å². The lowest BCUT2D eigenvalue weighted by molar-refractivity contribution is -0.120.